The molecular formula is C29H42N4O6S2. The molecule has 1 aliphatic carbocycles. The molecule has 10 nitrogen and oxygen atoms in total. The molecule has 0 bridgehead atoms. The van der Waals surface area contributed by atoms with Crippen molar-refractivity contribution in [3.05, 3.63) is 29.8 Å². The molecule has 41 heavy (non-hydrogen) atoms. The maximum Gasteiger partial charge on any atom is 0.330 e. The molecule has 1 aromatic carbocycles. The number of hydrogen-bond donors (Lipinski definition) is 5. The molecular weight excluding hydrogens is 564 g/mol. The number of phenolic OH excluding ortho intramolecular Hbond substituents is 1. The average Bonchev–Trinajstić information content (AvgIpc) is 3.59. The molecule has 1 aromatic rings. The van der Waals surface area contributed by atoms with E-state index in [1.165, 1.54) is 21.6 Å². The van der Waals surface area contributed by atoms with Gasteiger partial charge >= 0.3 is 5.97 Å². The molecule has 1 spiro atoms. The number of rotatable bonds is 4. The van der Waals surface area contributed by atoms with Crippen molar-refractivity contribution < 1.29 is 29.0 Å². The third-order valence-electron chi connectivity index (χ3n) is 7.95. The number of carbonyl (C=O) groups excluding carboxylic acids is 4. The number of benzene rings is 1. The van der Waals surface area contributed by atoms with Crippen molar-refractivity contribution in [2.45, 2.75) is 88.9 Å². The Bertz CT molecular complexity index is 1100. The number of amides is 3. The summed E-state index contributed by atoms with van der Waals surface area (Å²) in [5, 5.41) is 21.8. The van der Waals surface area contributed by atoms with Gasteiger partial charge in [-0.15, -0.1) is 0 Å². The van der Waals surface area contributed by atoms with Gasteiger partial charge in [0.1, 0.15) is 23.4 Å². The molecule has 3 amide bonds. The van der Waals surface area contributed by atoms with Crippen molar-refractivity contribution in [1.82, 2.24) is 21.3 Å². The predicted molar refractivity (Wildman–Crippen MR) is 160 cm³/mol. The van der Waals surface area contributed by atoms with E-state index in [1.54, 1.807) is 32.9 Å². The lowest BCUT2D eigenvalue weighted by atomic mass is 9.81. The van der Waals surface area contributed by atoms with Gasteiger partial charge in [0.05, 0.1) is 11.5 Å². The number of hydrogen-bond acceptors (Lipinski definition) is 9. The molecule has 1 saturated carbocycles. The van der Waals surface area contributed by atoms with E-state index < -0.39 is 35.1 Å². The first-order valence-electron chi connectivity index (χ1n) is 14.4. The Labute approximate surface area is 249 Å². The van der Waals surface area contributed by atoms with Gasteiger partial charge in [-0.05, 0) is 70.7 Å². The first-order valence-corrected chi connectivity index (χ1v) is 16.8. The topological polar surface area (TPSA) is 146 Å². The van der Waals surface area contributed by atoms with Gasteiger partial charge in [-0.3, -0.25) is 14.4 Å². The van der Waals surface area contributed by atoms with E-state index in [4.69, 9.17) is 4.74 Å². The summed E-state index contributed by atoms with van der Waals surface area (Å²) >= 11 is 0. The van der Waals surface area contributed by atoms with Crippen LogP contribution in [0.15, 0.2) is 24.3 Å². The van der Waals surface area contributed by atoms with Crippen molar-refractivity contribution in [3.63, 3.8) is 0 Å². The second-order valence-electron chi connectivity index (χ2n) is 12.1. The fraction of sp³-hybridized carbons (Fsp3) is 0.655. The number of phenols is 1. The van der Waals surface area contributed by atoms with Crippen molar-refractivity contribution in [2.24, 2.45) is 5.41 Å². The zero-order chi connectivity index (χ0) is 29.6. The summed E-state index contributed by atoms with van der Waals surface area (Å²) in [6, 6.07) is 4.76. The minimum atomic E-state index is -0.817. The van der Waals surface area contributed by atoms with Crippen LogP contribution in [0.3, 0.4) is 0 Å². The molecule has 5 N–H and O–H groups in total. The summed E-state index contributed by atoms with van der Waals surface area (Å²) in [5.74, 6) is -0.537. The Kier molecular flexibility index (Phi) is 10.5. The van der Waals surface area contributed by atoms with Crippen LogP contribution in [0.25, 0.3) is 0 Å². The number of esters is 1. The lowest BCUT2D eigenvalue weighted by molar-refractivity contribution is -0.158. The highest BCUT2D eigenvalue weighted by atomic mass is 33.1. The van der Waals surface area contributed by atoms with Gasteiger partial charge in [0.15, 0.2) is 0 Å². The highest BCUT2D eigenvalue weighted by Crippen LogP contribution is 2.41. The van der Waals surface area contributed by atoms with Gasteiger partial charge in [0.2, 0.25) is 17.7 Å². The molecule has 0 aromatic heterocycles. The van der Waals surface area contributed by atoms with Crippen LogP contribution in [0, 0.1) is 5.41 Å². The number of nitrogens with one attached hydrogen (secondary N) is 4. The SMILES string of the molecule is CC(C)(C)OC(=O)[C@@H]1CSSC[C@H](NC(=O)C2NCC[C@H]2c2ccc(O)cc2)C(=O)NCCC2(CCCC2)C(=O)N1. The molecule has 2 aliphatic heterocycles. The van der Waals surface area contributed by atoms with E-state index in [0.29, 0.717) is 38.1 Å². The Morgan fingerprint density at radius 3 is 2.39 bits per heavy atom. The Morgan fingerprint density at radius 1 is 1.02 bits per heavy atom. The van der Waals surface area contributed by atoms with Gasteiger partial charge in [-0.1, -0.05) is 46.6 Å². The van der Waals surface area contributed by atoms with Crippen LogP contribution in [0.4, 0.5) is 0 Å². The first-order chi connectivity index (χ1) is 19.5. The third-order valence-corrected chi connectivity index (χ3v) is 10.4. The van der Waals surface area contributed by atoms with Crippen LogP contribution in [0.1, 0.15) is 70.8 Å². The van der Waals surface area contributed by atoms with Crippen molar-refractivity contribution >= 4 is 45.3 Å². The quantitative estimate of drug-likeness (QED) is 0.258. The Hall–Kier alpha value is -2.44. The molecule has 1 unspecified atom stereocenters. The fourth-order valence-corrected chi connectivity index (χ4v) is 8.09. The standard InChI is InChI=1S/C29H42N4O6S2/c1-28(2,3)39-26(37)22-17-41-40-16-21(24(35)31-15-13-29(27(38)33-22)11-4-5-12-29)32-25(36)23-20(10-14-30-23)18-6-8-19(34)9-7-18/h6-9,20-23,30,34H,4-5,10-17H2,1-3H3,(H,31,35)(H,32,36)(H,33,38)/t20-,21-,22-,23?/m0/s1. The van der Waals surface area contributed by atoms with Crippen molar-refractivity contribution in [2.75, 3.05) is 24.6 Å². The van der Waals surface area contributed by atoms with E-state index in [2.05, 4.69) is 21.3 Å². The van der Waals surface area contributed by atoms with Crippen LogP contribution in [0.2, 0.25) is 0 Å². The Balaban J connectivity index is 1.47. The predicted octanol–water partition coefficient (Wildman–Crippen LogP) is 2.61. The highest BCUT2D eigenvalue weighted by molar-refractivity contribution is 8.76. The summed E-state index contributed by atoms with van der Waals surface area (Å²) in [6.45, 7) is 6.35. The molecule has 2 heterocycles. The Morgan fingerprint density at radius 2 is 1.71 bits per heavy atom. The van der Waals surface area contributed by atoms with Gasteiger partial charge in [-0.2, -0.15) is 0 Å². The zero-order valence-electron chi connectivity index (χ0n) is 24.0. The molecule has 3 fully saturated rings. The van der Waals surface area contributed by atoms with Crippen LogP contribution >= 0.6 is 21.6 Å². The van der Waals surface area contributed by atoms with E-state index in [0.717, 1.165) is 24.8 Å². The molecule has 2 saturated heterocycles. The molecule has 0 radical (unpaired) electrons. The first kappa shape index (κ1) is 31.5. The largest absolute Gasteiger partial charge is 0.508 e. The van der Waals surface area contributed by atoms with E-state index in [-0.39, 0.29) is 35.1 Å². The fourth-order valence-electron chi connectivity index (χ4n) is 5.78. The number of carbonyl (C=O) groups is 4. The minimum absolute atomic E-state index is 0.0793. The van der Waals surface area contributed by atoms with Crippen molar-refractivity contribution in [3.8, 4) is 5.75 Å². The minimum Gasteiger partial charge on any atom is -0.508 e. The van der Waals surface area contributed by atoms with Gasteiger partial charge < -0.3 is 31.1 Å². The lowest BCUT2D eigenvalue weighted by Crippen LogP contribution is -2.54. The average molecular weight is 607 g/mol. The van der Waals surface area contributed by atoms with Gasteiger partial charge in [0, 0.05) is 24.0 Å². The third kappa shape index (κ3) is 8.32. The van der Waals surface area contributed by atoms with Gasteiger partial charge in [0.25, 0.3) is 0 Å². The summed E-state index contributed by atoms with van der Waals surface area (Å²) in [6.07, 6.45) is 4.45. The van der Waals surface area contributed by atoms with E-state index in [1.807, 2.05) is 12.1 Å². The summed E-state index contributed by atoms with van der Waals surface area (Å²) in [4.78, 5) is 53.2. The summed E-state index contributed by atoms with van der Waals surface area (Å²) in [5.41, 5.74) is -0.392. The molecule has 12 heteroatoms. The smallest absolute Gasteiger partial charge is 0.330 e. The zero-order valence-corrected chi connectivity index (χ0v) is 25.6. The van der Waals surface area contributed by atoms with Crippen LogP contribution < -0.4 is 21.3 Å². The van der Waals surface area contributed by atoms with Gasteiger partial charge in [-0.25, -0.2) is 4.79 Å². The monoisotopic (exact) mass is 606 g/mol. The van der Waals surface area contributed by atoms with Crippen molar-refractivity contribution in [1.29, 1.82) is 0 Å². The van der Waals surface area contributed by atoms with Crippen LogP contribution in [-0.4, -0.2) is 77.1 Å². The summed E-state index contributed by atoms with van der Waals surface area (Å²) in [7, 11) is 2.73. The second kappa shape index (κ2) is 13.7. The van der Waals surface area contributed by atoms with Crippen LogP contribution in [0.5, 0.6) is 5.75 Å². The van der Waals surface area contributed by atoms with E-state index in [9.17, 15) is 24.3 Å². The molecule has 3 aliphatic rings. The molecule has 4 rings (SSSR count). The second-order valence-corrected chi connectivity index (χ2v) is 14.7. The molecule has 4 atom stereocenters. The van der Waals surface area contributed by atoms with Crippen LogP contribution in [-0.2, 0) is 23.9 Å². The maximum absolute atomic E-state index is 13.5. The van der Waals surface area contributed by atoms with E-state index >= 15 is 0 Å². The lowest BCUT2D eigenvalue weighted by Gasteiger charge is -2.31. The highest BCUT2D eigenvalue weighted by Gasteiger charge is 2.43. The number of ether oxygens (including phenoxy) is 1. The summed E-state index contributed by atoms with van der Waals surface area (Å²) < 4.78 is 5.61. The maximum atomic E-state index is 13.5. The molecule has 226 valence electrons. The normalized spacial score (nSPS) is 27.6. The number of aromatic hydroxyl groups is 1.